The predicted octanol–water partition coefficient (Wildman–Crippen LogP) is 2.93. The zero-order valence-electron chi connectivity index (χ0n) is 11.8. The van der Waals surface area contributed by atoms with Crippen molar-refractivity contribution < 1.29 is 14.3 Å². The van der Waals surface area contributed by atoms with Crippen molar-refractivity contribution in [2.75, 3.05) is 13.2 Å². The highest BCUT2D eigenvalue weighted by Gasteiger charge is 2.64. The lowest BCUT2D eigenvalue weighted by Crippen LogP contribution is -2.61. The first-order valence-electron chi connectivity index (χ1n) is 7.24. The maximum Gasteiger partial charge on any atom is 0.173 e. The van der Waals surface area contributed by atoms with Crippen LogP contribution in [0, 0.1) is 16.7 Å². The minimum absolute atomic E-state index is 0.0768. The molecular formula is C15H24O3. The Balaban J connectivity index is 1.99. The monoisotopic (exact) mass is 252 g/mol. The van der Waals surface area contributed by atoms with Gasteiger partial charge in [0.2, 0.25) is 0 Å². The fraction of sp³-hybridized carbons (Fsp3) is 0.933. The van der Waals surface area contributed by atoms with Crippen LogP contribution in [0.15, 0.2) is 0 Å². The normalized spacial score (nSPS) is 41.9. The molecule has 0 bridgehead atoms. The molecule has 3 nitrogen and oxygen atoms in total. The van der Waals surface area contributed by atoms with E-state index >= 15 is 0 Å². The van der Waals surface area contributed by atoms with Gasteiger partial charge in [0, 0.05) is 23.7 Å². The molecule has 3 heteroatoms. The molecule has 3 rings (SSSR count). The Labute approximate surface area is 109 Å². The number of Topliss-reactive ketones (excluding diaryl/α,β-unsaturated/α-hetero) is 1. The Bertz CT molecular complexity index is 368. The van der Waals surface area contributed by atoms with Crippen LogP contribution in [-0.2, 0) is 14.3 Å². The van der Waals surface area contributed by atoms with E-state index in [1.165, 1.54) is 0 Å². The fourth-order valence-electron chi connectivity index (χ4n) is 4.72. The maximum atomic E-state index is 12.4. The summed E-state index contributed by atoms with van der Waals surface area (Å²) in [7, 11) is 0. The molecule has 0 aromatic heterocycles. The molecule has 0 aromatic rings. The van der Waals surface area contributed by atoms with Crippen LogP contribution in [0.5, 0.6) is 0 Å². The summed E-state index contributed by atoms with van der Waals surface area (Å²) in [5, 5.41) is 0. The van der Waals surface area contributed by atoms with E-state index in [4.69, 9.17) is 9.47 Å². The number of carbonyl (C=O) groups excluding carboxylic acids is 1. The second-order valence-corrected chi connectivity index (χ2v) is 6.96. The minimum Gasteiger partial charge on any atom is -0.347 e. The third kappa shape index (κ3) is 1.41. The Kier molecular flexibility index (Phi) is 2.66. The van der Waals surface area contributed by atoms with Gasteiger partial charge in [-0.15, -0.1) is 0 Å². The van der Waals surface area contributed by atoms with E-state index in [-0.39, 0.29) is 10.8 Å². The topological polar surface area (TPSA) is 35.5 Å². The van der Waals surface area contributed by atoms with Gasteiger partial charge in [0.05, 0.1) is 13.2 Å². The van der Waals surface area contributed by atoms with E-state index in [0.29, 0.717) is 24.9 Å². The lowest BCUT2D eigenvalue weighted by atomic mass is 9.49. The van der Waals surface area contributed by atoms with Crippen molar-refractivity contribution >= 4 is 5.78 Å². The third-order valence-electron chi connectivity index (χ3n) is 5.88. The number of carbonyl (C=O) groups is 1. The van der Waals surface area contributed by atoms with Gasteiger partial charge >= 0.3 is 0 Å². The third-order valence-corrected chi connectivity index (χ3v) is 5.88. The number of fused-ring (bicyclic) bond motifs is 1. The highest BCUT2D eigenvalue weighted by atomic mass is 16.7. The van der Waals surface area contributed by atoms with Gasteiger partial charge in [0.1, 0.15) is 5.78 Å². The molecule has 18 heavy (non-hydrogen) atoms. The van der Waals surface area contributed by atoms with Crippen LogP contribution in [0.2, 0.25) is 0 Å². The van der Waals surface area contributed by atoms with Crippen LogP contribution >= 0.6 is 0 Å². The van der Waals surface area contributed by atoms with Crippen molar-refractivity contribution in [2.24, 2.45) is 16.7 Å². The summed E-state index contributed by atoms with van der Waals surface area (Å²) in [4.78, 5) is 12.4. The lowest BCUT2D eigenvalue weighted by molar-refractivity contribution is -0.282. The SMILES string of the molecule is CC12CCC3(OCCO3)C(C)(C)C1CCCC2=O. The smallest absolute Gasteiger partial charge is 0.173 e. The molecule has 2 unspecified atom stereocenters. The van der Waals surface area contributed by atoms with Crippen molar-refractivity contribution in [3.8, 4) is 0 Å². The lowest BCUT2D eigenvalue weighted by Gasteiger charge is -2.59. The molecule has 1 heterocycles. The summed E-state index contributed by atoms with van der Waals surface area (Å²) in [6.07, 6.45) is 4.69. The second kappa shape index (κ2) is 3.80. The van der Waals surface area contributed by atoms with Gasteiger partial charge in [0.15, 0.2) is 5.79 Å². The van der Waals surface area contributed by atoms with Gasteiger partial charge in [-0.05, 0) is 25.2 Å². The second-order valence-electron chi connectivity index (χ2n) is 6.96. The van der Waals surface area contributed by atoms with E-state index in [1.807, 2.05) is 0 Å². The molecule has 0 amide bonds. The molecule has 0 radical (unpaired) electrons. The molecule has 1 spiro atoms. The van der Waals surface area contributed by atoms with Crippen molar-refractivity contribution in [3.05, 3.63) is 0 Å². The number of hydrogen-bond donors (Lipinski definition) is 0. The van der Waals surface area contributed by atoms with Gasteiger partial charge in [-0.2, -0.15) is 0 Å². The maximum absolute atomic E-state index is 12.4. The summed E-state index contributed by atoms with van der Waals surface area (Å²) in [6.45, 7) is 8.03. The van der Waals surface area contributed by atoms with E-state index in [9.17, 15) is 4.79 Å². The highest BCUT2D eigenvalue weighted by Crippen LogP contribution is 2.61. The molecule has 3 aliphatic rings. The zero-order valence-corrected chi connectivity index (χ0v) is 11.8. The van der Waals surface area contributed by atoms with Gasteiger partial charge in [-0.25, -0.2) is 0 Å². The number of rotatable bonds is 0. The van der Waals surface area contributed by atoms with Crippen LogP contribution in [0.4, 0.5) is 0 Å². The van der Waals surface area contributed by atoms with E-state index in [1.54, 1.807) is 0 Å². The fourth-order valence-corrected chi connectivity index (χ4v) is 4.72. The Morgan fingerprint density at radius 2 is 1.78 bits per heavy atom. The largest absolute Gasteiger partial charge is 0.347 e. The first-order valence-corrected chi connectivity index (χ1v) is 7.24. The number of ketones is 1. The Hall–Kier alpha value is -0.410. The molecule has 3 fully saturated rings. The van der Waals surface area contributed by atoms with Gasteiger partial charge in [-0.3, -0.25) is 4.79 Å². The summed E-state index contributed by atoms with van der Waals surface area (Å²) in [5.74, 6) is 0.409. The Morgan fingerprint density at radius 1 is 1.11 bits per heavy atom. The minimum atomic E-state index is -0.436. The number of hydrogen-bond acceptors (Lipinski definition) is 3. The van der Waals surface area contributed by atoms with Crippen LogP contribution in [0.1, 0.15) is 52.9 Å². The number of ether oxygens (including phenoxy) is 2. The van der Waals surface area contributed by atoms with Crippen molar-refractivity contribution in [1.82, 2.24) is 0 Å². The standard InChI is InChI=1S/C15H24O3/c1-13(2)11-5-4-6-12(16)14(11,3)7-8-15(13)17-9-10-18-15/h11H,4-10H2,1-3H3. The molecule has 102 valence electrons. The summed E-state index contributed by atoms with van der Waals surface area (Å²) < 4.78 is 12.0. The highest BCUT2D eigenvalue weighted by molar-refractivity contribution is 5.85. The zero-order chi connectivity index (χ0) is 13.0. The van der Waals surface area contributed by atoms with Crippen molar-refractivity contribution in [3.63, 3.8) is 0 Å². The predicted molar refractivity (Wildman–Crippen MR) is 68.1 cm³/mol. The molecule has 0 N–H and O–H groups in total. The van der Waals surface area contributed by atoms with Crippen LogP contribution in [-0.4, -0.2) is 24.8 Å². The van der Waals surface area contributed by atoms with Crippen molar-refractivity contribution in [2.45, 2.75) is 58.7 Å². The van der Waals surface area contributed by atoms with E-state index < -0.39 is 5.79 Å². The summed E-state index contributed by atoms with van der Waals surface area (Å²) in [5.41, 5.74) is -0.227. The van der Waals surface area contributed by atoms with Gasteiger partial charge in [-0.1, -0.05) is 20.8 Å². The molecule has 2 atom stereocenters. The van der Waals surface area contributed by atoms with Gasteiger partial charge in [0.25, 0.3) is 0 Å². The molecule has 1 saturated heterocycles. The van der Waals surface area contributed by atoms with Crippen molar-refractivity contribution in [1.29, 1.82) is 0 Å². The quantitative estimate of drug-likeness (QED) is 0.665. The molecule has 2 saturated carbocycles. The summed E-state index contributed by atoms with van der Waals surface area (Å²) >= 11 is 0. The van der Waals surface area contributed by atoms with Crippen LogP contribution < -0.4 is 0 Å². The molecule has 1 aliphatic heterocycles. The first kappa shape index (κ1) is 12.6. The molecule has 2 aliphatic carbocycles. The Morgan fingerprint density at radius 3 is 2.44 bits per heavy atom. The van der Waals surface area contributed by atoms with Crippen LogP contribution in [0.25, 0.3) is 0 Å². The van der Waals surface area contributed by atoms with E-state index in [0.717, 1.165) is 32.1 Å². The van der Waals surface area contributed by atoms with Crippen LogP contribution in [0.3, 0.4) is 0 Å². The molecular weight excluding hydrogens is 228 g/mol. The average Bonchev–Trinajstić information content (AvgIpc) is 2.79. The first-order chi connectivity index (χ1) is 8.42. The average molecular weight is 252 g/mol. The van der Waals surface area contributed by atoms with Gasteiger partial charge < -0.3 is 9.47 Å². The summed E-state index contributed by atoms with van der Waals surface area (Å²) in [6, 6.07) is 0. The van der Waals surface area contributed by atoms with E-state index in [2.05, 4.69) is 20.8 Å². The molecule has 0 aromatic carbocycles.